The molecule has 2 N–H and O–H groups in total. The van der Waals surface area contributed by atoms with E-state index in [0.717, 1.165) is 29.0 Å². The SMILES string of the molecule is COc1ccc([C@H]2Nc3ccc(S(=O)(=O)Nc4ccccc4C)cc3[C@H]3C=CC[C@H]32)cc1. The summed E-state index contributed by atoms with van der Waals surface area (Å²) in [5.41, 5.74) is 4.70. The quantitative estimate of drug-likeness (QED) is 0.499. The van der Waals surface area contributed by atoms with Crippen molar-refractivity contribution in [3.05, 3.63) is 95.6 Å². The molecule has 0 spiro atoms. The maximum atomic E-state index is 13.1. The number of aryl methyl sites for hydroxylation is 1. The molecule has 1 aliphatic heterocycles. The van der Waals surface area contributed by atoms with Crippen molar-refractivity contribution in [2.24, 2.45) is 5.92 Å². The van der Waals surface area contributed by atoms with Crippen LogP contribution in [-0.2, 0) is 10.0 Å². The highest BCUT2D eigenvalue weighted by molar-refractivity contribution is 7.92. The molecule has 0 bridgehead atoms. The van der Waals surface area contributed by atoms with Crippen molar-refractivity contribution in [1.82, 2.24) is 0 Å². The van der Waals surface area contributed by atoms with Crippen LogP contribution in [0.15, 0.2) is 83.8 Å². The van der Waals surface area contributed by atoms with Crippen LogP contribution in [0.2, 0.25) is 0 Å². The number of nitrogens with one attached hydrogen (secondary N) is 2. The van der Waals surface area contributed by atoms with Crippen LogP contribution >= 0.6 is 0 Å². The highest BCUT2D eigenvalue weighted by atomic mass is 32.2. The van der Waals surface area contributed by atoms with Crippen molar-refractivity contribution in [3.8, 4) is 5.75 Å². The monoisotopic (exact) mass is 446 g/mol. The number of ether oxygens (including phenoxy) is 1. The van der Waals surface area contributed by atoms with E-state index in [0.29, 0.717) is 11.6 Å². The molecule has 0 radical (unpaired) electrons. The fraction of sp³-hybridized carbons (Fsp3) is 0.231. The second-order valence-electron chi connectivity index (χ2n) is 8.42. The van der Waals surface area contributed by atoms with Crippen LogP contribution in [0.25, 0.3) is 0 Å². The van der Waals surface area contributed by atoms with Crippen LogP contribution in [0.5, 0.6) is 5.75 Å². The van der Waals surface area contributed by atoms with Gasteiger partial charge >= 0.3 is 0 Å². The molecule has 3 atom stereocenters. The molecule has 0 unspecified atom stereocenters. The summed E-state index contributed by atoms with van der Waals surface area (Å²) in [5, 5.41) is 3.66. The summed E-state index contributed by atoms with van der Waals surface area (Å²) in [7, 11) is -2.02. The van der Waals surface area contributed by atoms with Gasteiger partial charge in [-0.2, -0.15) is 0 Å². The molecule has 6 heteroatoms. The van der Waals surface area contributed by atoms with E-state index in [-0.39, 0.29) is 16.9 Å². The number of hydrogen-bond acceptors (Lipinski definition) is 4. The van der Waals surface area contributed by atoms with Gasteiger partial charge in [0.15, 0.2) is 0 Å². The zero-order valence-electron chi connectivity index (χ0n) is 18.1. The van der Waals surface area contributed by atoms with Gasteiger partial charge in [-0.15, -0.1) is 0 Å². The van der Waals surface area contributed by atoms with Crippen molar-refractivity contribution < 1.29 is 13.2 Å². The first-order valence-electron chi connectivity index (χ1n) is 10.8. The number of hydrogen-bond donors (Lipinski definition) is 2. The smallest absolute Gasteiger partial charge is 0.261 e. The summed E-state index contributed by atoms with van der Waals surface area (Å²) >= 11 is 0. The fourth-order valence-electron chi connectivity index (χ4n) is 4.77. The predicted molar refractivity (Wildman–Crippen MR) is 128 cm³/mol. The highest BCUT2D eigenvalue weighted by Gasteiger charge is 2.38. The minimum Gasteiger partial charge on any atom is -0.497 e. The Morgan fingerprint density at radius 2 is 1.81 bits per heavy atom. The lowest BCUT2D eigenvalue weighted by Gasteiger charge is -2.37. The lowest BCUT2D eigenvalue weighted by molar-refractivity contribution is 0.411. The molecule has 0 fully saturated rings. The van der Waals surface area contributed by atoms with Crippen molar-refractivity contribution in [3.63, 3.8) is 0 Å². The molecule has 164 valence electrons. The molecular formula is C26H26N2O3S. The van der Waals surface area contributed by atoms with Gasteiger partial charge in [0, 0.05) is 11.6 Å². The van der Waals surface area contributed by atoms with E-state index in [1.54, 1.807) is 19.2 Å². The van der Waals surface area contributed by atoms with Crippen LogP contribution in [0, 0.1) is 12.8 Å². The molecule has 3 aromatic carbocycles. The van der Waals surface area contributed by atoms with Crippen LogP contribution in [-0.4, -0.2) is 15.5 Å². The second kappa shape index (κ2) is 8.02. The Balaban J connectivity index is 1.48. The minimum absolute atomic E-state index is 0.154. The Kier molecular flexibility index (Phi) is 5.18. The zero-order chi connectivity index (χ0) is 22.3. The van der Waals surface area contributed by atoms with Gasteiger partial charge in [-0.1, -0.05) is 42.5 Å². The third kappa shape index (κ3) is 3.65. The van der Waals surface area contributed by atoms with Gasteiger partial charge in [0.05, 0.1) is 23.7 Å². The average molecular weight is 447 g/mol. The third-order valence-corrected chi connectivity index (χ3v) is 7.87. The summed E-state index contributed by atoms with van der Waals surface area (Å²) in [6, 6.07) is 21.1. The topological polar surface area (TPSA) is 67.4 Å². The zero-order valence-corrected chi connectivity index (χ0v) is 18.9. The molecule has 0 amide bonds. The van der Waals surface area contributed by atoms with Crippen molar-refractivity contribution >= 4 is 21.4 Å². The molecular weight excluding hydrogens is 420 g/mol. The van der Waals surface area contributed by atoms with Gasteiger partial charge in [-0.25, -0.2) is 8.42 Å². The Hall–Kier alpha value is -3.25. The Morgan fingerprint density at radius 3 is 2.56 bits per heavy atom. The Bertz CT molecular complexity index is 1280. The molecule has 1 aliphatic carbocycles. The van der Waals surface area contributed by atoms with Gasteiger partial charge in [0.25, 0.3) is 10.0 Å². The Morgan fingerprint density at radius 1 is 1.03 bits per heavy atom. The number of methoxy groups -OCH3 is 1. The predicted octanol–water partition coefficient (Wildman–Crippen LogP) is 5.63. The minimum atomic E-state index is -3.69. The van der Waals surface area contributed by atoms with Crippen LogP contribution in [0.3, 0.4) is 0 Å². The normalized spacial score (nSPS) is 21.4. The van der Waals surface area contributed by atoms with Crippen LogP contribution in [0.1, 0.15) is 35.1 Å². The summed E-state index contributed by atoms with van der Waals surface area (Å²) in [5.74, 6) is 1.34. The number of fused-ring (bicyclic) bond motifs is 3. The maximum Gasteiger partial charge on any atom is 0.261 e. The molecule has 0 aromatic heterocycles. The molecule has 32 heavy (non-hydrogen) atoms. The third-order valence-electron chi connectivity index (χ3n) is 6.51. The first kappa shape index (κ1) is 20.6. The van der Waals surface area contributed by atoms with E-state index in [2.05, 4.69) is 34.3 Å². The maximum absolute atomic E-state index is 13.1. The van der Waals surface area contributed by atoms with Gasteiger partial charge in [-0.3, -0.25) is 4.72 Å². The fourth-order valence-corrected chi connectivity index (χ4v) is 5.94. The number of anilines is 2. The average Bonchev–Trinajstić information content (AvgIpc) is 3.30. The van der Waals surface area contributed by atoms with E-state index < -0.39 is 10.0 Å². The first-order chi connectivity index (χ1) is 15.5. The highest BCUT2D eigenvalue weighted by Crippen LogP contribution is 2.50. The largest absolute Gasteiger partial charge is 0.497 e. The van der Waals surface area contributed by atoms with Gasteiger partial charge in [0.1, 0.15) is 5.75 Å². The van der Waals surface area contributed by atoms with Crippen molar-refractivity contribution in [2.45, 2.75) is 30.2 Å². The first-order valence-corrected chi connectivity index (χ1v) is 12.2. The number of sulfonamides is 1. The summed E-state index contributed by atoms with van der Waals surface area (Å²) in [6.45, 7) is 1.89. The van der Waals surface area contributed by atoms with E-state index in [1.807, 2.05) is 49.4 Å². The molecule has 3 aromatic rings. The van der Waals surface area contributed by atoms with Gasteiger partial charge in [0.2, 0.25) is 0 Å². The number of allylic oxidation sites excluding steroid dienone is 2. The van der Waals surface area contributed by atoms with Crippen LogP contribution in [0.4, 0.5) is 11.4 Å². The summed E-state index contributed by atoms with van der Waals surface area (Å²) in [4.78, 5) is 0.281. The molecule has 5 nitrogen and oxygen atoms in total. The van der Waals surface area contributed by atoms with E-state index in [9.17, 15) is 8.42 Å². The Labute approximate surface area is 189 Å². The number of para-hydroxylation sites is 1. The molecule has 0 saturated carbocycles. The summed E-state index contributed by atoms with van der Waals surface area (Å²) < 4.78 is 34.3. The molecule has 5 rings (SSSR count). The summed E-state index contributed by atoms with van der Waals surface area (Å²) in [6.07, 6.45) is 5.37. The van der Waals surface area contributed by atoms with Crippen molar-refractivity contribution in [1.29, 1.82) is 0 Å². The lowest BCUT2D eigenvalue weighted by atomic mass is 9.77. The van der Waals surface area contributed by atoms with Crippen LogP contribution < -0.4 is 14.8 Å². The van der Waals surface area contributed by atoms with E-state index in [4.69, 9.17) is 4.74 Å². The number of rotatable bonds is 5. The second-order valence-corrected chi connectivity index (χ2v) is 10.1. The molecule has 2 aliphatic rings. The van der Waals surface area contributed by atoms with Gasteiger partial charge in [-0.05, 0) is 72.4 Å². The molecule has 0 saturated heterocycles. The van der Waals surface area contributed by atoms with E-state index in [1.165, 1.54) is 5.56 Å². The standard InChI is InChI=1S/C26H26N2O3S/c1-17-6-3-4-9-24(17)28-32(29,30)20-14-15-25-23(16-20)21-7-5-8-22(21)26(27-25)18-10-12-19(31-2)13-11-18/h3-7,9-16,21-22,26-28H,8H2,1-2H3/t21-,22+,26+/m0/s1. The van der Waals surface area contributed by atoms with Gasteiger partial charge < -0.3 is 10.1 Å². The van der Waals surface area contributed by atoms with E-state index >= 15 is 0 Å². The molecule has 1 heterocycles. The lowest BCUT2D eigenvalue weighted by Crippen LogP contribution is -2.29. The number of benzene rings is 3. The van der Waals surface area contributed by atoms with Crippen molar-refractivity contribution in [2.75, 3.05) is 17.1 Å².